The van der Waals surface area contributed by atoms with Crippen molar-refractivity contribution < 1.29 is 19.0 Å². The van der Waals surface area contributed by atoms with Gasteiger partial charge >= 0.3 is 5.97 Å². The van der Waals surface area contributed by atoms with E-state index >= 15 is 0 Å². The highest BCUT2D eigenvalue weighted by atomic mass is 32.1. The number of hydrogen-bond acceptors (Lipinski definition) is 7. The van der Waals surface area contributed by atoms with Crippen LogP contribution in [-0.2, 0) is 16.1 Å². The number of methoxy groups -OCH3 is 2. The third kappa shape index (κ3) is 4.22. The number of allylic oxidation sites excluding steroid dienone is 1. The number of carbonyl (C=O) groups excluding carboxylic acids is 1. The van der Waals surface area contributed by atoms with Crippen molar-refractivity contribution in [2.75, 3.05) is 20.8 Å². The Labute approximate surface area is 223 Å². The highest BCUT2D eigenvalue weighted by molar-refractivity contribution is 7.07. The van der Waals surface area contributed by atoms with Crippen molar-refractivity contribution in [3.63, 3.8) is 0 Å². The molecule has 0 fully saturated rings. The average molecular weight is 532 g/mol. The van der Waals surface area contributed by atoms with E-state index in [2.05, 4.69) is 34.8 Å². The Morgan fingerprint density at radius 3 is 2.63 bits per heavy atom. The van der Waals surface area contributed by atoms with Crippen molar-refractivity contribution in [2.24, 2.45) is 4.99 Å². The molecule has 0 aliphatic carbocycles. The van der Waals surface area contributed by atoms with Crippen LogP contribution < -0.4 is 24.4 Å². The van der Waals surface area contributed by atoms with E-state index < -0.39 is 12.0 Å². The first-order chi connectivity index (χ1) is 18.4. The van der Waals surface area contributed by atoms with Gasteiger partial charge in [0.25, 0.3) is 5.56 Å². The SMILES string of the molecule is CCOC(=O)C1=C(C)N=c2s/c(=C\c3cn(CC)c4ccccc34)c(=O)n2[C@@H]1c1cc(OC)ccc1OC. The summed E-state index contributed by atoms with van der Waals surface area (Å²) in [6, 6.07) is 12.7. The molecule has 8 nitrogen and oxygen atoms in total. The number of fused-ring (bicyclic) bond motifs is 2. The smallest absolute Gasteiger partial charge is 0.338 e. The number of ether oxygens (including phenoxy) is 3. The topological polar surface area (TPSA) is 84.1 Å². The second-order valence-corrected chi connectivity index (χ2v) is 9.81. The van der Waals surface area contributed by atoms with Crippen molar-refractivity contribution in [3.8, 4) is 11.5 Å². The number of carbonyl (C=O) groups is 1. The molecule has 0 saturated heterocycles. The maximum atomic E-state index is 14.0. The van der Waals surface area contributed by atoms with Gasteiger partial charge in [0.2, 0.25) is 0 Å². The molecule has 1 atom stereocenters. The molecule has 5 rings (SSSR count). The van der Waals surface area contributed by atoms with Crippen LogP contribution in [0.3, 0.4) is 0 Å². The van der Waals surface area contributed by atoms with Crippen molar-refractivity contribution in [2.45, 2.75) is 33.4 Å². The van der Waals surface area contributed by atoms with E-state index in [1.54, 1.807) is 50.8 Å². The minimum atomic E-state index is -0.797. The molecule has 196 valence electrons. The number of esters is 1. The second kappa shape index (κ2) is 10.3. The van der Waals surface area contributed by atoms with Crippen LogP contribution in [0.15, 0.2) is 69.7 Å². The first-order valence-corrected chi connectivity index (χ1v) is 13.2. The molecular weight excluding hydrogens is 502 g/mol. The highest BCUT2D eigenvalue weighted by Crippen LogP contribution is 2.37. The van der Waals surface area contributed by atoms with Crippen molar-refractivity contribution in [3.05, 3.63) is 90.7 Å². The lowest BCUT2D eigenvalue weighted by Gasteiger charge is -2.26. The minimum absolute atomic E-state index is 0.198. The summed E-state index contributed by atoms with van der Waals surface area (Å²) < 4.78 is 20.8. The van der Waals surface area contributed by atoms with Crippen molar-refractivity contribution >= 4 is 34.3 Å². The summed E-state index contributed by atoms with van der Waals surface area (Å²) in [7, 11) is 3.12. The predicted molar refractivity (Wildman–Crippen MR) is 148 cm³/mol. The van der Waals surface area contributed by atoms with E-state index in [-0.39, 0.29) is 12.2 Å². The molecule has 1 aliphatic rings. The molecule has 9 heteroatoms. The number of para-hydroxylation sites is 1. The van der Waals surface area contributed by atoms with Gasteiger partial charge in [0.05, 0.1) is 36.6 Å². The Morgan fingerprint density at radius 2 is 1.92 bits per heavy atom. The van der Waals surface area contributed by atoms with Gasteiger partial charge in [0.15, 0.2) is 4.80 Å². The van der Waals surface area contributed by atoms with Gasteiger partial charge in [-0.2, -0.15) is 0 Å². The van der Waals surface area contributed by atoms with Gasteiger partial charge in [0.1, 0.15) is 17.5 Å². The maximum absolute atomic E-state index is 14.0. The maximum Gasteiger partial charge on any atom is 0.338 e. The number of aromatic nitrogens is 2. The van der Waals surface area contributed by atoms with Crippen LogP contribution in [0.5, 0.6) is 11.5 Å². The minimum Gasteiger partial charge on any atom is -0.497 e. The van der Waals surface area contributed by atoms with Crippen LogP contribution in [0.1, 0.15) is 37.9 Å². The molecule has 0 amide bonds. The van der Waals surface area contributed by atoms with E-state index in [9.17, 15) is 9.59 Å². The number of hydrogen-bond donors (Lipinski definition) is 0. The van der Waals surface area contributed by atoms with Gasteiger partial charge in [-0.3, -0.25) is 9.36 Å². The summed E-state index contributed by atoms with van der Waals surface area (Å²) in [5.74, 6) is 0.574. The Balaban J connectivity index is 1.79. The molecule has 2 aromatic heterocycles. The van der Waals surface area contributed by atoms with E-state index in [1.807, 2.05) is 18.2 Å². The zero-order valence-electron chi connectivity index (χ0n) is 22.0. The molecule has 4 aromatic rings. The molecule has 38 heavy (non-hydrogen) atoms. The fourth-order valence-corrected chi connectivity index (χ4v) is 5.97. The number of rotatable bonds is 7. The number of aryl methyl sites for hydroxylation is 1. The highest BCUT2D eigenvalue weighted by Gasteiger charge is 2.35. The van der Waals surface area contributed by atoms with Crippen LogP contribution in [0, 0.1) is 0 Å². The normalized spacial score (nSPS) is 15.4. The Bertz CT molecular complexity index is 1760. The van der Waals surface area contributed by atoms with Gasteiger partial charge in [-0.05, 0) is 51.1 Å². The quantitative estimate of drug-likeness (QED) is 0.339. The number of benzene rings is 2. The van der Waals surface area contributed by atoms with Gasteiger partial charge < -0.3 is 18.8 Å². The second-order valence-electron chi connectivity index (χ2n) is 8.80. The summed E-state index contributed by atoms with van der Waals surface area (Å²) in [4.78, 5) is 32.4. The van der Waals surface area contributed by atoms with E-state index in [0.717, 1.165) is 23.0 Å². The molecule has 2 aromatic carbocycles. The van der Waals surface area contributed by atoms with Crippen molar-refractivity contribution in [1.82, 2.24) is 9.13 Å². The lowest BCUT2D eigenvalue weighted by molar-refractivity contribution is -0.139. The van der Waals surface area contributed by atoms with E-state index in [1.165, 1.54) is 11.3 Å². The van der Waals surface area contributed by atoms with Gasteiger partial charge in [-0.25, -0.2) is 9.79 Å². The first-order valence-electron chi connectivity index (χ1n) is 12.4. The Kier molecular flexibility index (Phi) is 6.94. The third-order valence-electron chi connectivity index (χ3n) is 6.70. The molecular formula is C29H29N3O5S. The number of thiazole rings is 1. The summed E-state index contributed by atoms with van der Waals surface area (Å²) in [6.45, 7) is 6.61. The summed E-state index contributed by atoms with van der Waals surface area (Å²) in [5, 5.41) is 1.06. The van der Waals surface area contributed by atoms with E-state index in [0.29, 0.717) is 37.7 Å². The molecule has 3 heterocycles. The Morgan fingerprint density at radius 1 is 1.13 bits per heavy atom. The standard InChI is InChI=1S/C29H29N3O5S/c1-6-31-16-18(20-10-8-9-11-22(20)31)14-24-27(33)32-26(21-15-19(35-4)12-13-23(21)36-5)25(28(34)37-7-2)17(3)30-29(32)38-24/h8-16,26H,6-7H2,1-5H3/b24-14-/t26-/m1/s1. The molecule has 0 bridgehead atoms. The molecule has 1 aliphatic heterocycles. The molecule has 0 radical (unpaired) electrons. The van der Waals surface area contributed by atoms with Gasteiger partial charge in [-0.15, -0.1) is 0 Å². The Hall–Kier alpha value is -4.11. The van der Waals surface area contributed by atoms with Crippen molar-refractivity contribution in [1.29, 1.82) is 0 Å². The lowest BCUT2D eigenvalue weighted by atomic mass is 9.94. The number of nitrogens with zero attached hydrogens (tertiary/aromatic N) is 3. The fourth-order valence-electron chi connectivity index (χ4n) is 4.93. The van der Waals surface area contributed by atoms with E-state index in [4.69, 9.17) is 14.2 Å². The predicted octanol–water partition coefficient (Wildman–Crippen LogP) is 3.79. The molecule has 0 spiro atoms. The van der Waals surface area contributed by atoms with Crippen LogP contribution >= 0.6 is 11.3 Å². The van der Waals surface area contributed by atoms with Crippen LogP contribution in [0.2, 0.25) is 0 Å². The average Bonchev–Trinajstić information content (AvgIpc) is 3.44. The molecule has 0 unspecified atom stereocenters. The lowest BCUT2D eigenvalue weighted by Crippen LogP contribution is -2.40. The summed E-state index contributed by atoms with van der Waals surface area (Å²) >= 11 is 1.30. The zero-order chi connectivity index (χ0) is 27.0. The summed E-state index contributed by atoms with van der Waals surface area (Å²) in [6.07, 6.45) is 3.96. The monoisotopic (exact) mass is 531 g/mol. The fraction of sp³-hybridized carbons (Fsp3) is 0.276. The van der Waals surface area contributed by atoms with Crippen LogP contribution in [-0.4, -0.2) is 35.9 Å². The van der Waals surface area contributed by atoms with Gasteiger partial charge in [0, 0.05) is 34.8 Å². The van der Waals surface area contributed by atoms with Gasteiger partial charge in [-0.1, -0.05) is 29.5 Å². The summed E-state index contributed by atoms with van der Waals surface area (Å²) in [5.41, 5.74) is 3.21. The van der Waals surface area contributed by atoms with Crippen LogP contribution in [0.25, 0.3) is 17.0 Å². The molecule has 0 saturated carbocycles. The molecule has 0 N–H and O–H groups in total. The third-order valence-corrected chi connectivity index (χ3v) is 7.68. The first kappa shape index (κ1) is 25.5. The zero-order valence-corrected chi connectivity index (χ0v) is 22.8. The van der Waals surface area contributed by atoms with Crippen LogP contribution in [0.4, 0.5) is 0 Å². The largest absolute Gasteiger partial charge is 0.497 e.